The van der Waals surface area contributed by atoms with Gasteiger partial charge in [0.25, 0.3) is 5.91 Å². The Morgan fingerprint density at radius 1 is 0.925 bits per heavy atom. The molecule has 3 aliphatic carbocycles. The Kier molecular flexibility index (Phi) is 10.6. The number of nitrogens with one attached hydrogen (secondary N) is 3. The van der Waals surface area contributed by atoms with Crippen LogP contribution in [0.25, 0.3) is 10.8 Å². The summed E-state index contributed by atoms with van der Waals surface area (Å²) >= 11 is 0. The Labute approximate surface area is 309 Å². The van der Waals surface area contributed by atoms with Crippen LogP contribution in [0.2, 0.25) is 0 Å². The molecular formula is C38H47N5O9S. The summed E-state index contributed by atoms with van der Waals surface area (Å²) in [5.41, 5.74) is -0.743. The molecule has 15 heteroatoms. The highest BCUT2D eigenvalue weighted by Gasteiger charge is 2.62. The normalized spacial score (nSPS) is 27.4. The first-order valence-electron chi connectivity index (χ1n) is 18.7. The highest BCUT2D eigenvalue weighted by Crippen LogP contribution is 2.46. The third-order valence-corrected chi connectivity index (χ3v) is 12.9. The number of fused-ring (bicyclic) bond motifs is 3. The van der Waals surface area contributed by atoms with Gasteiger partial charge in [0.1, 0.15) is 30.3 Å². The quantitative estimate of drug-likeness (QED) is 0.357. The molecule has 2 aromatic rings. The molecule has 5 aliphatic rings. The van der Waals surface area contributed by atoms with Crippen LogP contribution in [0.1, 0.15) is 76.2 Å². The average Bonchev–Trinajstić information content (AvgIpc) is 4.07. The summed E-state index contributed by atoms with van der Waals surface area (Å²) in [5, 5.41) is 6.86. The van der Waals surface area contributed by atoms with Gasteiger partial charge in [-0.25, -0.2) is 18.0 Å². The highest BCUT2D eigenvalue weighted by molar-refractivity contribution is 7.91. The fraction of sp³-hybridized carbons (Fsp3) is 0.553. The predicted molar refractivity (Wildman–Crippen MR) is 194 cm³/mol. The third-order valence-electron chi connectivity index (χ3n) is 11.1. The van der Waals surface area contributed by atoms with Crippen molar-refractivity contribution in [3.05, 3.63) is 60.2 Å². The van der Waals surface area contributed by atoms with Crippen molar-refractivity contribution in [2.75, 3.05) is 19.6 Å². The van der Waals surface area contributed by atoms with E-state index >= 15 is 0 Å². The zero-order valence-corrected chi connectivity index (χ0v) is 30.5. The zero-order chi connectivity index (χ0) is 37.2. The predicted octanol–water partition coefficient (Wildman–Crippen LogP) is 3.64. The summed E-state index contributed by atoms with van der Waals surface area (Å²) < 4.78 is 39.1. The minimum absolute atomic E-state index is 0.0158. The molecule has 2 heterocycles. The Morgan fingerprint density at radius 2 is 1.72 bits per heavy atom. The van der Waals surface area contributed by atoms with Gasteiger partial charge in [0.05, 0.1) is 11.8 Å². The Balaban J connectivity index is 1.13. The van der Waals surface area contributed by atoms with Crippen LogP contribution in [0, 0.1) is 5.92 Å². The summed E-state index contributed by atoms with van der Waals surface area (Å²) in [5.74, 6) is -2.51. The fourth-order valence-corrected chi connectivity index (χ4v) is 8.74. The van der Waals surface area contributed by atoms with E-state index in [0.717, 1.165) is 48.4 Å². The van der Waals surface area contributed by atoms with Gasteiger partial charge in [-0.1, -0.05) is 67.5 Å². The van der Waals surface area contributed by atoms with Crippen LogP contribution >= 0.6 is 0 Å². The number of nitrogens with zero attached hydrogens (tertiary/aromatic N) is 2. The maximum absolute atomic E-state index is 14.4. The van der Waals surface area contributed by atoms with Crippen LogP contribution in [0.5, 0.6) is 0 Å². The van der Waals surface area contributed by atoms with Crippen molar-refractivity contribution in [1.82, 2.24) is 25.2 Å². The largest absolute Gasteiger partial charge is 0.446 e. The molecule has 284 valence electrons. The molecule has 7 rings (SSSR count). The molecule has 0 aromatic heterocycles. The second-order valence-electron chi connectivity index (χ2n) is 14.9. The number of alkyl carbamates (subject to hydrolysis) is 1. The molecule has 14 nitrogen and oxygen atoms in total. The van der Waals surface area contributed by atoms with E-state index in [0.29, 0.717) is 32.1 Å². The van der Waals surface area contributed by atoms with Crippen LogP contribution in [0.3, 0.4) is 0 Å². The molecule has 4 fully saturated rings. The van der Waals surface area contributed by atoms with Gasteiger partial charge in [0.2, 0.25) is 21.8 Å². The number of benzene rings is 2. The minimum Gasteiger partial charge on any atom is -0.446 e. The maximum atomic E-state index is 14.4. The number of hydrogen-bond acceptors (Lipinski definition) is 9. The molecule has 0 spiro atoms. The van der Waals surface area contributed by atoms with E-state index in [1.807, 2.05) is 54.6 Å². The fourth-order valence-electron chi connectivity index (χ4n) is 7.37. The number of allylic oxidation sites excluding steroid dienone is 1. The molecule has 0 bridgehead atoms. The first-order valence-corrected chi connectivity index (χ1v) is 20.3. The van der Waals surface area contributed by atoms with Gasteiger partial charge in [0.15, 0.2) is 0 Å². The van der Waals surface area contributed by atoms with E-state index in [4.69, 9.17) is 9.47 Å². The summed E-state index contributed by atoms with van der Waals surface area (Å²) in [7, 11) is -3.91. The lowest BCUT2D eigenvalue weighted by Gasteiger charge is -2.41. The molecular weight excluding hydrogens is 703 g/mol. The van der Waals surface area contributed by atoms with E-state index in [9.17, 15) is 32.4 Å². The standard InChI is InChI=1S/C38H47N5O9S/c44-33-32-23-42(37(48)51-24-26-12-8-11-25-10-6-7-16-30(25)26)20-21-43(32)34(45)31(39-36(47)52-28-14-9-15-28)17-5-3-1-2-4-13-27-22-38(27,40-33)35(46)41-53(49,50)29-18-19-29/h4,6-8,10-13,16,27-29,31-32H,1-3,5,9,14-15,17-24H2,(H,39,47)(H,40,44)(H,41,46)/b13-4+/t27?,31-,32-,38-/m0/s1. The number of amides is 5. The van der Waals surface area contributed by atoms with Gasteiger partial charge in [-0.15, -0.1) is 0 Å². The van der Waals surface area contributed by atoms with Crippen molar-refractivity contribution in [1.29, 1.82) is 0 Å². The lowest BCUT2D eigenvalue weighted by Crippen LogP contribution is -2.66. The molecule has 3 N–H and O–H groups in total. The van der Waals surface area contributed by atoms with E-state index in [1.54, 1.807) is 0 Å². The maximum Gasteiger partial charge on any atom is 0.410 e. The smallest absolute Gasteiger partial charge is 0.410 e. The van der Waals surface area contributed by atoms with Crippen molar-refractivity contribution in [2.24, 2.45) is 5.92 Å². The number of hydrogen-bond donors (Lipinski definition) is 3. The highest BCUT2D eigenvalue weighted by atomic mass is 32.2. The Bertz CT molecular complexity index is 1890. The monoisotopic (exact) mass is 749 g/mol. The summed E-state index contributed by atoms with van der Waals surface area (Å²) in [4.78, 5) is 71.5. The van der Waals surface area contributed by atoms with Crippen molar-refractivity contribution in [3.8, 4) is 0 Å². The van der Waals surface area contributed by atoms with Crippen molar-refractivity contribution in [3.63, 3.8) is 0 Å². The number of ether oxygens (including phenoxy) is 2. The number of piperazine rings is 1. The van der Waals surface area contributed by atoms with E-state index in [-0.39, 0.29) is 38.8 Å². The minimum atomic E-state index is -3.91. The van der Waals surface area contributed by atoms with E-state index in [1.165, 1.54) is 9.80 Å². The average molecular weight is 750 g/mol. The van der Waals surface area contributed by atoms with Crippen LogP contribution in [-0.4, -0.2) is 96.7 Å². The van der Waals surface area contributed by atoms with Gasteiger partial charge in [0, 0.05) is 19.0 Å². The number of rotatable bonds is 7. The zero-order valence-electron chi connectivity index (χ0n) is 29.7. The number of carbonyl (C=O) groups excluding carboxylic acids is 5. The molecule has 5 amide bonds. The summed E-state index contributed by atoms with van der Waals surface area (Å²) in [6.45, 7) is -0.254. The van der Waals surface area contributed by atoms with Gasteiger partial charge in [-0.2, -0.15) is 0 Å². The summed E-state index contributed by atoms with van der Waals surface area (Å²) in [6.07, 6.45) is 8.96. The second-order valence-corrected chi connectivity index (χ2v) is 16.8. The van der Waals surface area contributed by atoms with Gasteiger partial charge >= 0.3 is 12.2 Å². The van der Waals surface area contributed by atoms with E-state index < -0.39 is 68.7 Å². The summed E-state index contributed by atoms with van der Waals surface area (Å²) in [6, 6.07) is 11.2. The van der Waals surface area contributed by atoms with Crippen LogP contribution in [0.15, 0.2) is 54.6 Å². The lowest BCUT2D eigenvalue weighted by atomic mass is 9.96. The second kappa shape index (κ2) is 15.4. The van der Waals surface area contributed by atoms with Crippen LogP contribution in [0.4, 0.5) is 9.59 Å². The first kappa shape index (κ1) is 36.7. The van der Waals surface area contributed by atoms with Crippen molar-refractivity contribution >= 4 is 50.7 Å². The molecule has 3 saturated carbocycles. The van der Waals surface area contributed by atoms with Crippen molar-refractivity contribution < 1.29 is 41.9 Å². The molecule has 2 aromatic carbocycles. The third kappa shape index (κ3) is 8.29. The SMILES string of the molecule is O=C(N[C@H]1CCCCC/C=C/C2C[C@]2(C(=O)NS(=O)(=O)C2CC2)NC(=O)[C@@H]2CN(C(=O)OCc3cccc4ccccc34)CCN2C1=O)OC1CCC1. The van der Waals surface area contributed by atoms with Crippen LogP contribution < -0.4 is 15.4 Å². The number of sulfonamides is 1. The Morgan fingerprint density at radius 3 is 2.49 bits per heavy atom. The molecule has 53 heavy (non-hydrogen) atoms. The lowest BCUT2D eigenvalue weighted by molar-refractivity contribution is -0.146. The molecule has 2 aliphatic heterocycles. The first-order chi connectivity index (χ1) is 25.5. The van der Waals surface area contributed by atoms with Crippen LogP contribution in [-0.2, 0) is 40.5 Å². The van der Waals surface area contributed by atoms with E-state index in [2.05, 4.69) is 15.4 Å². The molecule has 4 atom stereocenters. The molecule has 1 saturated heterocycles. The number of carbonyl (C=O) groups is 5. The Hall–Kier alpha value is -4.66. The van der Waals surface area contributed by atoms with Crippen molar-refractivity contribution in [2.45, 2.75) is 106 Å². The van der Waals surface area contributed by atoms with Gasteiger partial charge < -0.3 is 29.9 Å². The molecule has 1 unspecified atom stereocenters. The topological polar surface area (TPSA) is 181 Å². The molecule has 0 radical (unpaired) electrons. The van der Waals surface area contributed by atoms with Gasteiger partial charge in [-0.05, 0) is 74.1 Å². The van der Waals surface area contributed by atoms with Gasteiger partial charge in [-0.3, -0.25) is 19.1 Å².